The quantitative estimate of drug-likeness (QED) is 0.522. The van der Waals surface area contributed by atoms with Gasteiger partial charge in [0.05, 0.1) is 16.6 Å². The Kier molecular flexibility index (Phi) is 9.48. The Morgan fingerprint density at radius 1 is 0.806 bits per heavy atom. The summed E-state index contributed by atoms with van der Waals surface area (Å²) in [5.41, 5.74) is 0. The summed E-state index contributed by atoms with van der Waals surface area (Å²) in [6.45, 7) is -0.998. The Hall–Kier alpha value is -2.91. The van der Waals surface area contributed by atoms with E-state index in [1.165, 1.54) is 24.3 Å². The molecule has 2 amide bonds. The second kappa shape index (κ2) is 12.1. The number of benzene rings is 2. The van der Waals surface area contributed by atoms with Crippen LogP contribution in [0.2, 0.25) is 10.0 Å². The maximum Gasteiger partial charge on any atom is 0.258 e. The second-order valence-electron chi connectivity index (χ2n) is 6.14. The van der Waals surface area contributed by atoms with Crippen LogP contribution in [0.25, 0.3) is 0 Å². The van der Waals surface area contributed by atoms with Gasteiger partial charge in [0, 0.05) is 25.1 Å². The van der Waals surface area contributed by atoms with Gasteiger partial charge in [-0.2, -0.15) is 0 Å². The largest absolute Gasteiger partial charge is 0.484 e. The number of rotatable bonds is 11. The Labute approximate surface area is 186 Å². The standard InChI is InChI=1S/C20H18Cl2F2N2O5/c21-15-3-1-13(7-17(15)23)30-10-19(28)25-6-5-12(27)9-26-20(29)11-31-14-2-4-16(22)18(24)8-14/h1-4,7-8H,5-6,9-11H2,(H,25,28)(H,26,29). The maximum absolute atomic E-state index is 13.3. The van der Waals surface area contributed by atoms with Crippen molar-refractivity contribution in [1.82, 2.24) is 10.6 Å². The highest BCUT2D eigenvalue weighted by Crippen LogP contribution is 2.21. The average molecular weight is 475 g/mol. The number of hydrogen-bond acceptors (Lipinski definition) is 5. The Morgan fingerprint density at radius 2 is 1.29 bits per heavy atom. The van der Waals surface area contributed by atoms with E-state index in [-0.39, 0.29) is 53.4 Å². The summed E-state index contributed by atoms with van der Waals surface area (Å²) in [5.74, 6) is -2.49. The minimum Gasteiger partial charge on any atom is -0.484 e. The molecule has 0 aromatic heterocycles. The third kappa shape index (κ3) is 8.77. The molecular formula is C20H18Cl2F2N2O5. The minimum atomic E-state index is -0.678. The highest BCUT2D eigenvalue weighted by atomic mass is 35.5. The summed E-state index contributed by atoms with van der Waals surface area (Å²) in [5, 5.41) is 4.69. The van der Waals surface area contributed by atoms with Crippen LogP contribution in [-0.2, 0) is 14.4 Å². The van der Waals surface area contributed by atoms with Crippen LogP contribution in [0.4, 0.5) is 8.78 Å². The van der Waals surface area contributed by atoms with Crippen molar-refractivity contribution in [3.8, 4) is 11.5 Å². The van der Waals surface area contributed by atoms with Crippen LogP contribution in [0.1, 0.15) is 6.42 Å². The van der Waals surface area contributed by atoms with Gasteiger partial charge in [-0.25, -0.2) is 8.78 Å². The summed E-state index contributed by atoms with van der Waals surface area (Å²) >= 11 is 11.1. The second-order valence-corrected chi connectivity index (χ2v) is 6.96. The molecular weight excluding hydrogens is 457 g/mol. The van der Waals surface area contributed by atoms with E-state index in [0.29, 0.717) is 0 Å². The molecule has 31 heavy (non-hydrogen) atoms. The van der Waals surface area contributed by atoms with Crippen LogP contribution in [0, 0.1) is 11.6 Å². The summed E-state index contributed by atoms with van der Waals surface area (Å²) in [6, 6.07) is 7.50. The topological polar surface area (TPSA) is 93.7 Å². The Bertz CT molecular complexity index is 959. The van der Waals surface area contributed by atoms with E-state index in [1.807, 2.05) is 0 Å². The summed E-state index contributed by atoms with van der Waals surface area (Å²) < 4.78 is 36.8. The normalized spacial score (nSPS) is 10.3. The fourth-order valence-corrected chi connectivity index (χ4v) is 2.40. The average Bonchev–Trinajstić information content (AvgIpc) is 2.74. The molecule has 0 fully saturated rings. The van der Waals surface area contributed by atoms with E-state index >= 15 is 0 Å². The van der Waals surface area contributed by atoms with E-state index < -0.39 is 30.1 Å². The first-order chi connectivity index (χ1) is 14.7. The molecule has 7 nitrogen and oxygen atoms in total. The van der Waals surface area contributed by atoms with Crippen molar-refractivity contribution in [3.05, 3.63) is 58.1 Å². The van der Waals surface area contributed by atoms with Crippen molar-refractivity contribution in [3.63, 3.8) is 0 Å². The lowest BCUT2D eigenvalue weighted by atomic mass is 10.3. The number of carbonyl (C=O) groups excluding carboxylic acids is 3. The molecule has 0 spiro atoms. The maximum atomic E-state index is 13.3. The molecule has 0 heterocycles. The van der Waals surface area contributed by atoms with Gasteiger partial charge in [-0.05, 0) is 24.3 Å². The van der Waals surface area contributed by atoms with Gasteiger partial charge < -0.3 is 20.1 Å². The molecule has 0 saturated heterocycles. The van der Waals surface area contributed by atoms with Gasteiger partial charge >= 0.3 is 0 Å². The number of halogens is 4. The van der Waals surface area contributed by atoms with Crippen molar-refractivity contribution < 1.29 is 32.6 Å². The molecule has 0 atom stereocenters. The van der Waals surface area contributed by atoms with Gasteiger partial charge in [0.2, 0.25) is 0 Å². The van der Waals surface area contributed by atoms with Crippen LogP contribution < -0.4 is 20.1 Å². The van der Waals surface area contributed by atoms with Crippen LogP contribution >= 0.6 is 23.2 Å². The first kappa shape index (κ1) is 24.4. The van der Waals surface area contributed by atoms with Crippen molar-refractivity contribution in [2.75, 3.05) is 26.3 Å². The fourth-order valence-electron chi connectivity index (χ4n) is 2.16. The first-order valence-electron chi connectivity index (χ1n) is 8.95. The van der Waals surface area contributed by atoms with Gasteiger partial charge in [-0.1, -0.05) is 23.2 Å². The zero-order valence-electron chi connectivity index (χ0n) is 16.1. The van der Waals surface area contributed by atoms with Gasteiger partial charge in [0.15, 0.2) is 19.0 Å². The van der Waals surface area contributed by atoms with Crippen LogP contribution in [0.15, 0.2) is 36.4 Å². The number of amides is 2. The molecule has 0 unspecified atom stereocenters. The summed E-state index contributed by atoms with van der Waals surface area (Å²) in [4.78, 5) is 35.2. The molecule has 2 aromatic rings. The predicted octanol–water partition coefficient (Wildman–Crippen LogP) is 2.92. The zero-order chi connectivity index (χ0) is 22.8. The third-order valence-corrected chi connectivity index (χ3v) is 4.34. The lowest BCUT2D eigenvalue weighted by Gasteiger charge is -2.09. The molecule has 11 heteroatoms. The fraction of sp³-hybridized carbons (Fsp3) is 0.250. The van der Waals surface area contributed by atoms with Gasteiger partial charge in [0.1, 0.15) is 23.1 Å². The SMILES string of the molecule is O=C(CCNC(=O)COc1ccc(Cl)c(F)c1)CNC(=O)COc1ccc(Cl)c(F)c1. The van der Waals surface area contributed by atoms with Gasteiger partial charge in [-0.3, -0.25) is 14.4 Å². The monoisotopic (exact) mass is 474 g/mol. The molecule has 2 N–H and O–H groups in total. The molecule has 0 saturated carbocycles. The van der Waals surface area contributed by atoms with E-state index in [1.54, 1.807) is 0 Å². The zero-order valence-corrected chi connectivity index (χ0v) is 17.6. The van der Waals surface area contributed by atoms with E-state index in [9.17, 15) is 23.2 Å². The molecule has 2 aromatic carbocycles. The highest BCUT2D eigenvalue weighted by Gasteiger charge is 2.10. The molecule has 0 aliphatic carbocycles. The predicted molar refractivity (Wildman–Crippen MR) is 109 cm³/mol. The lowest BCUT2D eigenvalue weighted by molar-refractivity contribution is -0.127. The third-order valence-electron chi connectivity index (χ3n) is 3.73. The molecule has 0 bridgehead atoms. The van der Waals surface area contributed by atoms with E-state index in [4.69, 9.17) is 32.7 Å². The summed E-state index contributed by atoms with van der Waals surface area (Å²) in [6.07, 6.45) is -0.0230. The van der Waals surface area contributed by atoms with E-state index in [0.717, 1.165) is 12.1 Å². The first-order valence-corrected chi connectivity index (χ1v) is 9.71. The molecule has 2 rings (SSSR count). The summed E-state index contributed by atoms with van der Waals surface area (Å²) in [7, 11) is 0. The number of ketones is 1. The van der Waals surface area contributed by atoms with E-state index in [2.05, 4.69) is 10.6 Å². The van der Waals surface area contributed by atoms with Crippen LogP contribution in [0.5, 0.6) is 11.5 Å². The van der Waals surface area contributed by atoms with Crippen LogP contribution in [-0.4, -0.2) is 43.9 Å². The number of Topliss-reactive ketones (excluding diaryl/α,β-unsaturated/α-hetero) is 1. The van der Waals surface area contributed by atoms with Crippen molar-refractivity contribution >= 4 is 40.8 Å². The molecule has 166 valence electrons. The Balaban J connectivity index is 1.58. The van der Waals surface area contributed by atoms with Crippen molar-refractivity contribution in [1.29, 1.82) is 0 Å². The molecule has 0 radical (unpaired) electrons. The number of hydrogen-bond donors (Lipinski definition) is 2. The molecule has 0 aliphatic rings. The molecule has 0 aliphatic heterocycles. The highest BCUT2D eigenvalue weighted by molar-refractivity contribution is 6.31. The number of nitrogens with one attached hydrogen (secondary N) is 2. The van der Waals surface area contributed by atoms with Crippen molar-refractivity contribution in [2.45, 2.75) is 6.42 Å². The minimum absolute atomic E-state index is 0.0230. The number of ether oxygens (including phenoxy) is 2. The lowest BCUT2D eigenvalue weighted by Crippen LogP contribution is -2.35. The van der Waals surface area contributed by atoms with Crippen LogP contribution in [0.3, 0.4) is 0 Å². The van der Waals surface area contributed by atoms with Gasteiger partial charge in [0.25, 0.3) is 11.8 Å². The Morgan fingerprint density at radius 3 is 1.77 bits per heavy atom. The van der Waals surface area contributed by atoms with Gasteiger partial charge in [-0.15, -0.1) is 0 Å². The smallest absolute Gasteiger partial charge is 0.258 e. The van der Waals surface area contributed by atoms with Crippen molar-refractivity contribution in [2.24, 2.45) is 0 Å². The number of carbonyl (C=O) groups is 3.